The molecular weight excluding hydrogens is 252 g/mol. The van der Waals surface area contributed by atoms with Crippen molar-refractivity contribution in [2.45, 2.75) is 46.1 Å². The van der Waals surface area contributed by atoms with Crippen molar-refractivity contribution in [3.8, 4) is 11.8 Å². The lowest BCUT2D eigenvalue weighted by atomic mass is 9.75. The molecule has 1 heterocycles. The molecule has 4 nitrogen and oxygen atoms in total. The summed E-state index contributed by atoms with van der Waals surface area (Å²) in [5.74, 6) is 2.98. The number of methoxy groups -OCH3 is 1. The Morgan fingerprint density at radius 2 is 2.05 bits per heavy atom. The quantitative estimate of drug-likeness (QED) is 0.915. The molecule has 20 heavy (non-hydrogen) atoms. The van der Waals surface area contributed by atoms with Crippen molar-refractivity contribution < 1.29 is 9.47 Å². The van der Waals surface area contributed by atoms with Crippen LogP contribution in [-0.4, -0.2) is 18.2 Å². The van der Waals surface area contributed by atoms with Gasteiger partial charge < -0.3 is 15.2 Å². The molecule has 0 aromatic carbocycles. The average molecular weight is 278 g/mol. The molecule has 112 valence electrons. The molecule has 1 aromatic rings. The summed E-state index contributed by atoms with van der Waals surface area (Å²) in [5, 5.41) is 0. The van der Waals surface area contributed by atoms with E-state index in [1.54, 1.807) is 13.2 Å². The van der Waals surface area contributed by atoms with Gasteiger partial charge in [-0.25, -0.2) is 0 Å². The van der Waals surface area contributed by atoms with Crippen LogP contribution in [0.2, 0.25) is 0 Å². The Morgan fingerprint density at radius 3 is 2.70 bits per heavy atom. The summed E-state index contributed by atoms with van der Waals surface area (Å²) < 4.78 is 11.3. The van der Waals surface area contributed by atoms with E-state index in [9.17, 15) is 0 Å². The lowest BCUT2D eigenvalue weighted by Gasteiger charge is -2.37. The van der Waals surface area contributed by atoms with Gasteiger partial charge in [-0.05, 0) is 36.7 Å². The van der Waals surface area contributed by atoms with Crippen LogP contribution in [0.4, 0.5) is 5.69 Å². The van der Waals surface area contributed by atoms with Gasteiger partial charge in [0.25, 0.3) is 0 Å². The van der Waals surface area contributed by atoms with Crippen LogP contribution in [-0.2, 0) is 0 Å². The predicted molar refractivity (Wildman–Crippen MR) is 81.0 cm³/mol. The van der Waals surface area contributed by atoms with Crippen molar-refractivity contribution in [1.82, 2.24) is 4.98 Å². The van der Waals surface area contributed by atoms with Crippen molar-refractivity contribution >= 4 is 5.69 Å². The van der Waals surface area contributed by atoms with Gasteiger partial charge >= 0.3 is 0 Å². The predicted octanol–water partition coefficient (Wildman–Crippen LogP) is 3.51. The molecule has 0 radical (unpaired) electrons. The van der Waals surface area contributed by atoms with Gasteiger partial charge in [0.15, 0.2) is 0 Å². The highest BCUT2D eigenvalue weighted by Crippen LogP contribution is 2.36. The van der Waals surface area contributed by atoms with Crippen LogP contribution in [0, 0.1) is 17.8 Å². The first kappa shape index (κ1) is 14.9. The third-order valence-corrected chi connectivity index (χ3v) is 4.29. The molecule has 1 aliphatic carbocycles. The Morgan fingerprint density at radius 1 is 1.30 bits per heavy atom. The number of rotatable bonds is 4. The van der Waals surface area contributed by atoms with Crippen molar-refractivity contribution in [3.63, 3.8) is 0 Å². The number of hydrogen-bond acceptors (Lipinski definition) is 4. The molecule has 0 amide bonds. The molecule has 4 heteroatoms. The SMILES string of the molecule is COc1nc(OC2CC(C)CCC2C(C)C)ccc1N. The number of anilines is 1. The van der Waals surface area contributed by atoms with Crippen LogP contribution >= 0.6 is 0 Å². The van der Waals surface area contributed by atoms with E-state index in [1.807, 2.05) is 6.07 Å². The van der Waals surface area contributed by atoms with E-state index >= 15 is 0 Å². The fourth-order valence-electron chi connectivity index (χ4n) is 3.07. The summed E-state index contributed by atoms with van der Waals surface area (Å²) in [6, 6.07) is 3.62. The number of nitrogens with zero attached hydrogens (tertiary/aromatic N) is 1. The molecule has 1 saturated carbocycles. The van der Waals surface area contributed by atoms with Crippen LogP contribution in [0.3, 0.4) is 0 Å². The van der Waals surface area contributed by atoms with E-state index in [1.165, 1.54) is 12.8 Å². The van der Waals surface area contributed by atoms with E-state index in [4.69, 9.17) is 15.2 Å². The van der Waals surface area contributed by atoms with Crippen LogP contribution in [0.25, 0.3) is 0 Å². The van der Waals surface area contributed by atoms with Crippen LogP contribution in [0.15, 0.2) is 12.1 Å². The van der Waals surface area contributed by atoms with Gasteiger partial charge in [-0.2, -0.15) is 4.98 Å². The van der Waals surface area contributed by atoms with Crippen molar-refractivity contribution in [1.29, 1.82) is 0 Å². The zero-order valence-corrected chi connectivity index (χ0v) is 12.9. The Hall–Kier alpha value is -1.45. The number of hydrogen-bond donors (Lipinski definition) is 1. The molecule has 0 aliphatic heterocycles. The van der Waals surface area contributed by atoms with E-state index in [0.29, 0.717) is 35.2 Å². The highest BCUT2D eigenvalue weighted by Gasteiger charge is 2.32. The third-order valence-electron chi connectivity index (χ3n) is 4.29. The molecule has 2 rings (SSSR count). The third kappa shape index (κ3) is 3.35. The second kappa shape index (κ2) is 6.33. The lowest BCUT2D eigenvalue weighted by molar-refractivity contribution is 0.0423. The topological polar surface area (TPSA) is 57.4 Å². The second-order valence-electron chi connectivity index (χ2n) is 6.23. The molecule has 2 N–H and O–H groups in total. The number of aromatic nitrogens is 1. The molecule has 0 saturated heterocycles. The first-order valence-corrected chi connectivity index (χ1v) is 7.48. The van der Waals surface area contributed by atoms with Crippen LogP contribution < -0.4 is 15.2 Å². The monoisotopic (exact) mass is 278 g/mol. The van der Waals surface area contributed by atoms with E-state index < -0.39 is 0 Å². The molecule has 3 atom stereocenters. The van der Waals surface area contributed by atoms with Gasteiger partial charge in [0.2, 0.25) is 11.8 Å². The van der Waals surface area contributed by atoms with E-state index in [0.717, 1.165) is 6.42 Å². The lowest BCUT2D eigenvalue weighted by Crippen LogP contribution is -2.36. The number of nitrogens with two attached hydrogens (primary N) is 1. The Labute approximate surface area is 121 Å². The standard InChI is InChI=1S/C16H26N2O2/c1-10(2)12-6-5-11(3)9-14(12)20-15-8-7-13(17)16(18-15)19-4/h7-8,10-12,14H,5-6,9,17H2,1-4H3. The summed E-state index contributed by atoms with van der Waals surface area (Å²) in [7, 11) is 1.57. The van der Waals surface area contributed by atoms with E-state index in [2.05, 4.69) is 25.8 Å². The maximum absolute atomic E-state index is 6.15. The van der Waals surface area contributed by atoms with Crippen molar-refractivity contribution in [3.05, 3.63) is 12.1 Å². The smallest absolute Gasteiger partial charge is 0.240 e. The van der Waals surface area contributed by atoms with Crippen LogP contribution in [0.5, 0.6) is 11.8 Å². The molecule has 3 unspecified atom stereocenters. The Bertz CT molecular complexity index is 448. The maximum atomic E-state index is 6.15. The molecule has 0 spiro atoms. The highest BCUT2D eigenvalue weighted by atomic mass is 16.5. The fraction of sp³-hybridized carbons (Fsp3) is 0.688. The zero-order valence-electron chi connectivity index (χ0n) is 12.9. The van der Waals surface area contributed by atoms with Crippen molar-refractivity contribution in [2.24, 2.45) is 17.8 Å². The summed E-state index contributed by atoms with van der Waals surface area (Å²) in [5.41, 5.74) is 6.33. The fourth-order valence-corrected chi connectivity index (χ4v) is 3.07. The summed E-state index contributed by atoms with van der Waals surface area (Å²) >= 11 is 0. The minimum Gasteiger partial charge on any atom is -0.479 e. The zero-order chi connectivity index (χ0) is 14.7. The van der Waals surface area contributed by atoms with Gasteiger partial charge in [0.05, 0.1) is 12.8 Å². The second-order valence-corrected chi connectivity index (χ2v) is 6.23. The normalized spacial score (nSPS) is 26.6. The largest absolute Gasteiger partial charge is 0.479 e. The van der Waals surface area contributed by atoms with Gasteiger partial charge in [0, 0.05) is 6.07 Å². The minimum absolute atomic E-state index is 0.236. The van der Waals surface area contributed by atoms with E-state index in [-0.39, 0.29) is 6.10 Å². The maximum Gasteiger partial charge on any atom is 0.240 e. The first-order chi connectivity index (χ1) is 9.51. The Balaban J connectivity index is 2.13. The minimum atomic E-state index is 0.236. The van der Waals surface area contributed by atoms with Gasteiger partial charge in [-0.15, -0.1) is 0 Å². The molecule has 1 aromatic heterocycles. The summed E-state index contributed by atoms with van der Waals surface area (Å²) in [6.07, 6.45) is 3.85. The Kier molecular flexibility index (Phi) is 4.73. The highest BCUT2D eigenvalue weighted by molar-refractivity contribution is 5.49. The number of pyridine rings is 1. The number of ether oxygens (including phenoxy) is 2. The average Bonchev–Trinajstić information content (AvgIpc) is 2.40. The summed E-state index contributed by atoms with van der Waals surface area (Å²) in [4.78, 5) is 4.33. The molecule has 0 bridgehead atoms. The van der Waals surface area contributed by atoms with Gasteiger partial charge in [-0.1, -0.05) is 27.2 Å². The first-order valence-electron chi connectivity index (χ1n) is 7.48. The summed E-state index contributed by atoms with van der Waals surface area (Å²) in [6.45, 7) is 6.84. The molecule has 1 aliphatic rings. The molecular formula is C16H26N2O2. The molecule has 1 fully saturated rings. The van der Waals surface area contributed by atoms with Crippen LogP contribution in [0.1, 0.15) is 40.0 Å². The van der Waals surface area contributed by atoms with Gasteiger partial charge in [-0.3, -0.25) is 0 Å². The van der Waals surface area contributed by atoms with Gasteiger partial charge in [0.1, 0.15) is 6.10 Å². The number of nitrogen functional groups attached to an aromatic ring is 1. The van der Waals surface area contributed by atoms with Crippen molar-refractivity contribution in [2.75, 3.05) is 12.8 Å².